The van der Waals surface area contributed by atoms with Crippen molar-refractivity contribution in [3.05, 3.63) is 101 Å². The van der Waals surface area contributed by atoms with E-state index in [0.717, 1.165) is 28.0 Å². The molecule has 0 aliphatic carbocycles. The topological polar surface area (TPSA) is 90.8 Å². The molecule has 6 nitrogen and oxygen atoms in total. The number of para-hydroxylation sites is 2. The molecule has 3 aromatic carbocycles. The minimum atomic E-state index is -0.406. The van der Waals surface area contributed by atoms with Gasteiger partial charge in [-0.1, -0.05) is 54.6 Å². The quantitative estimate of drug-likeness (QED) is 0.351. The maximum atomic E-state index is 12.3. The number of H-pyrrole nitrogens is 1. The van der Waals surface area contributed by atoms with E-state index in [1.807, 2.05) is 60.7 Å². The number of nitrogens with zero attached hydrogens (tertiary/aromatic N) is 2. The Bertz CT molecular complexity index is 1220. The third-order valence-electron chi connectivity index (χ3n) is 4.67. The first-order valence-electron chi connectivity index (χ1n) is 9.82. The van der Waals surface area contributed by atoms with E-state index in [9.17, 15) is 10.1 Å². The lowest BCUT2D eigenvalue weighted by Gasteiger charge is -2.06. The summed E-state index contributed by atoms with van der Waals surface area (Å²) in [5, 5.41) is 12.1. The standard InChI is InChI=1S/C25H20N4O2/c26-15-20(25(30)27-16-19-6-2-1-3-7-19)14-18-10-12-21(13-11-18)31-17-24-28-22-8-4-5-9-23(22)29-24/h1-14H,16-17H2,(H,27,30)(H,28,29)/b20-14+. The van der Waals surface area contributed by atoms with Crippen LogP contribution < -0.4 is 10.1 Å². The molecule has 0 bridgehead atoms. The van der Waals surface area contributed by atoms with Gasteiger partial charge in [0.15, 0.2) is 0 Å². The van der Waals surface area contributed by atoms with Crippen LogP contribution in [0.25, 0.3) is 17.1 Å². The van der Waals surface area contributed by atoms with Crippen molar-refractivity contribution in [2.45, 2.75) is 13.2 Å². The number of imidazole rings is 1. The molecule has 6 heteroatoms. The molecule has 152 valence electrons. The highest BCUT2D eigenvalue weighted by molar-refractivity contribution is 6.01. The highest BCUT2D eigenvalue weighted by Gasteiger charge is 2.09. The zero-order chi connectivity index (χ0) is 21.5. The van der Waals surface area contributed by atoms with E-state index >= 15 is 0 Å². The summed E-state index contributed by atoms with van der Waals surface area (Å²) in [7, 11) is 0. The molecule has 0 fully saturated rings. The number of nitrogens with one attached hydrogen (secondary N) is 2. The fraction of sp³-hybridized carbons (Fsp3) is 0.0800. The van der Waals surface area contributed by atoms with Crippen LogP contribution in [0.15, 0.2) is 84.4 Å². The molecule has 4 rings (SSSR count). The monoisotopic (exact) mass is 408 g/mol. The van der Waals surface area contributed by atoms with E-state index in [1.165, 1.54) is 0 Å². The van der Waals surface area contributed by atoms with E-state index in [1.54, 1.807) is 30.3 Å². The van der Waals surface area contributed by atoms with Gasteiger partial charge in [0, 0.05) is 6.54 Å². The Morgan fingerprint density at radius 2 is 1.77 bits per heavy atom. The summed E-state index contributed by atoms with van der Waals surface area (Å²) < 4.78 is 5.78. The molecule has 31 heavy (non-hydrogen) atoms. The fourth-order valence-electron chi connectivity index (χ4n) is 3.07. The predicted molar refractivity (Wildman–Crippen MR) is 119 cm³/mol. The number of aromatic amines is 1. The molecule has 0 spiro atoms. The van der Waals surface area contributed by atoms with Crippen LogP contribution >= 0.6 is 0 Å². The summed E-state index contributed by atoms with van der Waals surface area (Å²) in [6.45, 7) is 0.683. The van der Waals surface area contributed by atoms with Crippen LogP contribution in [0.4, 0.5) is 0 Å². The zero-order valence-electron chi connectivity index (χ0n) is 16.7. The molecule has 1 heterocycles. The third kappa shape index (κ3) is 5.17. The molecular weight excluding hydrogens is 388 g/mol. The molecule has 0 aliphatic rings. The number of hydrogen-bond donors (Lipinski definition) is 2. The maximum absolute atomic E-state index is 12.3. The van der Waals surface area contributed by atoms with E-state index in [0.29, 0.717) is 18.9 Å². The number of fused-ring (bicyclic) bond motifs is 1. The van der Waals surface area contributed by atoms with Crippen LogP contribution in [-0.2, 0) is 17.9 Å². The number of hydrogen-bond acceptors (Lipinski definition) is 4. The van der Waals surface area contributed by atoms with Gasteiger partial charge < -0.3 is 15.0 Å². The van der Waals surface area contributed by atoms with Crippen LogP contribution in [0, 0.1) is 11.3 Å². The van der Waals surface area contributed by atoms with Crippen LogP contribution in [0.3, 0.4) is 0 Å². The number of nitriles is 1. The summed E-state index contributed by atoms with van der Waals surface area (Å²) in [6.07, 6.45) is 1.56. The predicted octanol–water partition coefficient (Wildman–Crippen LogP) is 4.37. The Morgan fingerprint density at radius 1 is 1.03 bits per heavy atom. The van der Waals surface area contributed by atoms with E-state index < -0.39 is 5.91 Å². The van der Waals surface area contributed by atoms with Crippen molar-refractivity contribution in [3.63, 3.8) is 0 Å². The summed E-state index contributed by atoms with van der Waals surface area (Å²) in [4.78, 5) is 20.0. The van der Waals surface area contributed by atoms with Crippen LogP contribution in [-0.4, -0.2) is 15.9 Å². The molecule has 0 unspecified atom stereocenters. The van der Waals surface area contributed by atoms with Gasteiger partial charge in [-0.3, -0.25) is 4.79 Å². The third-order valence-corrected chi connectivity index (χ3v) is 4.67. The van der Waals surface area contributed by atoms with Crippen molar-refractivity contribution in [1.82, 2.24) is 15.3 Å². The normalized spacial score (nSPS) is 11.1. The first-order valence-corrected chi connectivity index (χ1v) is 9.82. The molecule has 1 aromatic heterocycles. The lowest BCUT2D eigenvalue weighted by atomic mass is 10.1. The lowest BCUT2D eigenvalue weighted by molar-refractivity contribution is -0.117. The summed E-state index contributed by atoms with van der Waals surface area (Å²) in [5.41, 5.74) is 3.63. The summed E-state index contributed by atoms with van der Waals surface area (Å²) in [5.74, 6) is 1.01. The van der Waals surface area contributed by atoms with Crippen molar-refractivity contribution in [2.24, 2.45) is 0 Å². The fourth-order valence-corrected chi connectivity index (χ4v) is 3.07. The Morgan fingerprint density at radius 3 is 2.52 bits per heavy atom. The van der Waals surface area contributed by atoms with E-state index in [-0.39, 0.29) is 5.57 Å². The van der Waals surface area contributed by atoms with Crippen LogP contribution in [0.2, 0.25) is 0 Å². The van der Waals surface area contributed by atoms with Gasteiger partial charge in [-0.25, -0.2) is 4.98 Å². The smallest absolute Gasteiger partial charge is 0.262 e. The zero-order valence-corrected chi connectivity index (χ0v) is 16.7. The molecule has 0 aliphatic heterocycles. The number of aromatic nitrogens is 2. The number of benzene rings is 3. The number of amides is 1. The second-order valence-electron chi connectivity index (χ2n) is 6.90. The number of carbonyl (C=O) groups is 1. The molecule has 2 N–H and O–H groups in total. The summed E-state index contributed by atoms with van der Waals surface area (Å²) >= 11 is 0. The second-order valence-corrected chi connectivity index (χ2v) is 6.90. The van der Waals surface area contributed by atoms with Gasteiger partial charge >= 0.3 is 0 Å². The molecule has 0 radical (unpaired) electrons. The lowest BCUT2D eigenvalue weighted by Crippen LogP contribution is -2.23. The Labute approximate surface area is 179 Å². The number of carbonyl (C=O) groups excluding carboxylic acids is 1. The van der Waals surface area contributed by atoms with Crippen molar-refractivity contribution in [1.29, 1.82) is 5.26 Å². The van der Waals surface area contributed by atoms with Gasteiger partial charge in [-0.15, -0.1) is 0 Å². The van der Waals surface area contributed by atoms with Crippen LogP contribution in [0.1, 0.15) is 17.0 Å². The van der Waals surface area contributed by atoms with Crippen molar-refractivity contribution < 1.29 is 9.53 Å². The minimum Gasteiger partial charge on any atom is -0.486 e. The average Bonchev–Trinajstić information content (AvgIpc) is 3.24. The van der Waals surface area contributed by atoms with Gasteiger partial charge in [0.1, 0.15) is 29.8 Å². The Hall–Kier alpha value is -4.37. The molecule has 0 atom stereocenters. The molecule has 0 saturated carbocycles. The van der Waals surface area contributed by atoms with Gasteiger partial charge in [0.25, 0.3) is 5.91 Å². The van der Waals surface area contributed by atoms with E-state index in [2.05, 4.69) is 15.3 Å². The first kappa shape index (κ1) is 19.9. The van der Waals surface area contributed by atoms with Crippen molar-refractivity contribution in [3.8, 4) is 11.8 Å². The van der Waals surface area contributed by atoms with Crippen molar-refractivity contribution in [2.75, 3.05) is 0 Å². The highest BCUT2D eigenvalue weighted by Crippen LogP contribution is 2.17. The first-order chi connectivity index (χ1) is 15.2. The highest BCUT2D eigenvalue weighted by atomic mass is 16.5. The Kier molecular flexibility index (Phi) is 6.05. The second kappa shape index (κ2) is 9.42. The SMILES string of the molecule is N#C/C(=C\c1ccc(OCc2nc3ccccc3[nH]2)cc1)C(=O)NCc1ccccc1. The number of ether oxygens (including phenoxy) is 1. The molecule has 4 aromatic rings. The van der Waals surface area contributed by atoms with Crippen LogP contribution in [0.5, 0.6) is 5.75 Å². The Balaban J connectivity index is 1.36. The largest absolute Gasteiger partial charge is 0.486 e. The van der Waals surface area contributed by atoms with Gasteiger partial charge in [0.05, 0.1) is 11.0 Å². The van der Waals surface area contributed by atoms with Gasteiger partial charge in [-0.2, -0.15) is 5.26 Å². The molecule has 0 saturated heterocycles. The maximum Gasteiger partial charge on any atom is 0.262 e. The number of rotatable bonds is 7. The van der Waals surface area contributed by atoms with E-state index in [4.69, 9.17) is 4.74 Å². The summed E-state index contributed by atoms with van der Waals surface area (Å²) in [6, 6.07) is 26.5. The minimum absolute atomic E-state index is 0.0480. The molecular formula is C25H20N4O2. The van der Waals surface area contributed by atoms with Gasteiger partial charge in [-0.05, 0) is 41.5 Å². The van der Waals surface area contributed by atoms with Crippen molar-refractivity contribution >= 4 is 23.0 Å². The average molecular weight is 408 g/mol. The molecule has 1 amide bonds. The van der Waals surface area contributed by atoms with Gasteiger partial charge in [0.2, 0.25) is 0 Å².